The molecule has 0 bridgehead atoms. The summed E-state index contributed by atoms with van der Waals surface area (Å²) in [5.74, 6) is 0. The van der Waals surface area contributed by atoms with E-state index >= 15 is 0 Å². The molecule has 0 aliphatic heterocycles. The van der Waals surface area contributed by atoms with E-state index in [9.17, 15) is 34.2 Å². The Kier molecular flexibility index (Phi) is 13.9. The van der Waals surface area contributed by atoms with Gasteiger partial charge in [-0.1, -0.05) is 103 Å². The highest BCUT2D eigenvalue weighted by Gasteiger charge is 2.32. The number of halogens is 3. The van der Waals surface area contributed by atoms with Crippen LogP contribution in [0, 0.1) is 84.8 Å². The second-order valence-corrected chi connectivity index (χ2v) is 21.3. The summed E-state index contributed by atoms with van der Waals surface area (Å²) in [5, 5.41) is 43.1. The Balaban J connectivity index is 1.14. The largest absolute Gasteiger partial charge is 0.415 e. The molecule has 0 unspecified atom stereocenters. The number of aromatic nitrogens is 2. The number of alkyl halides is 3. The third-order valence-corrected chi connectivity index (χ3v) is 16.4. The lowest BCUT2D eigenvalue weighted by atomic mass is 9.94. The predicted molar refractivity (Wildman–Crippen MR) is 349 cm³/mol. The van der Waals surface area contributed by atoms with Gasteiger partial charge in [0.25, 0.3) is 0 Å². The van der Waals surface area contributed by atoms with Gasteiger partial charge >= 0.3 is 6.18 Å². The van der Waals surface area contributed by atoms with Crippen LogP contribution in [-0.2, 0) is 6.18 Å². The van der Waals surface area contributed by atoms with Crippen LogP contribution >= 0.6 is 0 Å². The number of benzene rings is 11. The molecule has 0 saturated carbocycles. The minimum atomic E-state index is -4.75. The zero-order chi connectivity index (χ0) is 64.1. The molecular formula is C77H33F3N12. The molecule has 0 amide bonds. The van der Waals surface area contributed by atoms with Crippen LogP contribution < -0.4 is 0 Å². The van der Waals surface area contributed by atoms with Crippen LogP contribution in [0.1, 0.15) is 27.8 Å². The summed E-state index contributed by atoms with van der Waals surface area (Å²) in [7, 11) is 0. The van der Waals surface area contributed by atoms with Crippen molar-refractivity contribution in [3.05, 3.63) is 297 Å². The smallest absolute Gasteiger partial charge is 0.309 e. The SMILES string of the molecule is [C-]#[N+]c1ccc(-c2ccc3c(c2)c2cc(-c4ccc([N+]#[C-])cc4[N+]#[C-])ccc2n3-c2cc(-c3ccc(C(F)(F)F)cc3[N+]#[C-])ccc2-c2cc([N+]#[C-])ccc2-n2c3ccc(-c4ccc(C#N)cc4C#N)cc3c3cc(-c4ccc(C#N)cc4C#N)ccc32)c([N+]#[C-])c1. The molecule has 2 heterocycles. The summed E-state index contributed by atoms with van der Waals surface area (Å²) >= 11 is 0. The minimum absolute atomic E-state index is 0.211. The van der Waals surface area contributed by atoms with Gasteiger partial charge in [-0.15, -0.1) is 0 Å². The van der Waals surface area contributed by atoms with E-state index in [1.807, 2.05) is 94.1 Å². The van der Waals surface area contributed by atoms with Gasteiger partial charge in [-0.25, -0.2) is 29.1 Å². The Morgan fingerprint density at radius 2 is 0.663 bits per heavy atom. The summed E-state index contributed by atoms with van der Waals surface area (Å²) < 4.78 is 47.1. The van der Waals surface area contributed by atoms with Gasteiger partial charge in [0.1, 0.15) is 0 Å². The molecule has 13 rings (SSSR count). The summed E-state index contributed by atoms with van der Waals surface area (Å²) in [4.78, 5) is 22.2. The molecule has 12 nitrogen and oxygen atoms in total. The predicted octanol–water partition coefficient (Wildman–Crippen LogP) is 21.7. The van der Waals surface area contributed by atoms with Gasteiger partial charge in [0.2, 0.25) is 0 Å². The van der Waals surface area contributed by atoms with Crippen LogP contribution in [0.4, 0.5) is 47.3 Å². The van der Waals surface area contributed by atoms with E-state index in [1.54, 1.807) is 72.8 Å². The van der Waals surface area contributed by atoms with E-state index in [0.29, 0.717) is 127 Å². The fourth-order valence-electron chi connectivity index (χ4n) is 12.2. The molecule has 0 fully saturated rings. The third kappa shape index (κ3) is 9.52. The van der Waals surface area contributed by atoms with E-state index in [0.717, 1.165) is 12.1 Å². The van der Waals surface area contributed by atoms with E-state index in [-0.39, 0.29) is 50.8 Å². The highest BCUT2D eigenvalue weighted by Crippen LogP contribution is 2.48. The lowest BCUT2D eigenvalue weighted by molar-refractivity contribution is -0.137. The Hall–Kier alpha value is -14.3. The van der Waals surface area contributed by atoms with Crippen molar-refractivity contribution >= 4 is 77.7 Å². The van der Waals surface area contributed by atoms with Crippen molar-refractivity contribution < 1.29 is 13.2 Å². The van der Waals surface area contributed by atoms with E-state index < -0.39 is 11.7 Å². The summed E-state index contributed by atoms with van der Waals surface area (Å²) in [5.41, 5.74) is 11.4. The van der Waals surface area contributed by atoms with Crippen molar-refractivity contribution in [3.8, 4) is 102 Å². The quantitative estimate of drug-likeness (QED) is 0.140. The molecule has 0 spiro atoms. The maximum absolute atomic E-state index is 14.3. The first kappa shape index (κ1) is 56.8. The number of fused-ring (bicyclic) bond motifs is 6. The number of nitriles is 4. The lowest BCUT2D eigenvalue weighted by Crippen LogP contribution is -2.04. The molecule has 0 saturated heterocycles. The molecule has 15 heteroatoms. The first-order valence-corrected chi connectivity index (χ1v) is 27.9. The lowest BCUT2D eigenvalue weighted by Gasteiger charge is -2.21. The Bertz CT molecular complexity index is 5640. The molecule has 0 N–H and O–H groups in total. The highest BCUT2D eigenvalue weighted by atomic mass is 19.4. The summed E-state index contributed by atoms with van der Waals surface area (Å²) in [6.45, 7) is 48.3. The van der Waals surface area contributed by atoms with Crippen molar-refractivity contribution in [3.63, 3.8) is 0 Å². The minimum Gasteiger partial charge on any atom is -0.309 e. The van der Waals surface area contributed by atoms with Crippen molar-refractivity contribution in [1.82, 2.24) is 9.13 Å². The fraction of sp³-hybridized carbons (Fsp3) is 0.0130. The van der Waals surface area contributed by atoms with Crippen molar-refractivity contribution in [2.75, 3.05) is 0 Å². The normalized spacial score (nSPS) is 10.9. The topological polar surface area (TPSA) is 131 Å². The number of rotatable bonds is 8. The number of nitrogens with zero attached hydrogens (tertiary/aromatic N) is 12. The number of hydrogen-bond acceptors (Lipinski definition) is 4. The first-order valence-electron chi connectivity index (χ1n) is 27.9. The second kappa shape index (κ2) is 22.5. The van der Waals surface area contributed by atoms with Gasteiger partial charge in [-0.3, -0.25) is 0 Å². The summed E-state index contributed by atoms with van der Waals surface area (Å²) in [6, 6.07) is 64.9. The molecular weight excluding hydrogens is 1150 g/mol. The number of hydrogen-bond donors (Lipinski definition) is 0. The third-order valence-electron chi connectivity index (χ3n) is 16.4. The van der Waals surface area contributed by atoms with Crippen LogP contribution in [0.15, 0.2) is 200 Å². The van der Waals surface area contributed by atoms with Crippen LogP contribution in [0.5, 0.6) is 0 Å². The van der Waals surface area contributed by atoms with Crippen LogP contribution in [0.25, 0.3) is 151 Å². The fourth-order valence-corrected chi connectivity index (χ4v) is 12.2. The Labute approximate surface area is 523 Å². The van der Waals surface area contributed by atoms with Gasteiger partial charge in [0, 0.05) is 32.7 Å². The first-order chi connectivity index (χ1) is 44.7. The molecule has 11 aromatic carbocycles. The van der Waals surface area contributed by atoms with E-state index in [1.165, 1.54) is 30.3 Å². The van der Waals surface area contributed by atoms with Crippen molar-refractivity contribution in [2.45, 2.75) is 6.18 Å². The van der Waals surface area contributed by atoms with Crippen LogP contribution in [-0.4, -0.2) is 9.13 Å². The van der Waals surface area contributed by atoms with Crippen LogP contribution in [0.3, 0.4) is 0 Å². The van der Waals surface area contributed by atoms with Crippen molar-refractivity contribution in [2.24, 2.45) is 0 Å². The van der Waals surface area contributed by atoms with E-state index in [2.05, 4.69) is 53.3 Å². The van der Waals surface area contributed by atoms with Gasteiger partial charge < -0.3 is 9.13 Å². The van der Waals surface area contributed by atoms with Gasteiger partial charge in [-0.05, 0) is 158 Å². The van der Waals surface area contributed by atoms with Gasteiger partial charge in [-0.2, -0.15) is 34.2 Å². The molecule has 0 aliphatic rings. The molecule has 13 aromatic rings. The molecule has 2 aromatic heterocycles. The standard InChI is InChI=1S/C77H33F3N12/c1-85-54-17-28-75(91-71-24-10-46(57-18-7-44(40-81)29-51(57)42-83)31-63(71)64-32-47(11-25-72(64)91)58-19-8-45(41-82)30-52(58)43-84)67(37-54)62-20-9-50(59-21-14-53(77(78,79)80)36-68(59)88-4)35-76(62)92-73-26-12-48(60-22-15-55(86-2)38-69(60)89-5)33-65(73)66-34-49(13-27-74(66)92)61-23-16-56(87-3)39-70(61)90-6/h7-39H. The molecule has 0 atom stereocenters. The average molecular weight is 1180 g/mol. The maximum atomic E-state index is 14.3. The molecule has 0 radical (unpaired) electrons. The van der Waals surface area contributed by atoms with Crippen molar-refractivity contribution in [1.29, 1.82) is 21.0 Å². The zero-order valence-electron chi connectivity index (χ0n) is 47.6. The van der Waals surface area contributed by atoms with Gasteiger partial charge in [0.15, 0.2) is 34.1 Å². The van der Waals surface area contributed by atoms with E-state index in [4.69, 9.17) is 39.4 Å². The average Bonchev–Trinajstić information content (AvgIpc) is 1.55. The highest BCUT2D eigenvalue weighted by molar-refractivity contribution is 6.15. The Morgan fingerprint density at radius 3 is 1.08 bits per heavy atom. The maximum Gasteiger partial charge on any atom is 0.415 e. The zero-order valence-corrected chi connectivity index (χ0v) is 47.6. The molecule has 422 valence electrons. The second-order valence-electron chi connectivity index (χ2n) is 21.3. The monoisotopic (exact) mass is 1180 g/mol. The summed E-state index contributed by atoms with van der Waals surface area (Å²) in [6.07, 6.45) is -4.75. The Morgan fingerprint density at radius 1 is 0.304 bits per heavy atom. The molecule has 92 heavy (non-hydrogen) atoms. The van der Waals surface area contributed by atoms with Gasteiger partial charge in [0.05, 0.1) is 119 Å². The molecule has 0 aliphatic carbocycles. The van der Waals surface area contributed by atoms with Crippen LogP contribution in [0.2, 0.25) is 0 Å².